The number of aliphatic hydroxyl groups is 1. The number of hydrogen-bond donors (Lipinski definition) is 2. The molecule has 1 aliphatic rings. The van der Waals surface area contributed by atoms with Crippen LogP contribution in [0.3, 0.4) is 0 Å². The van der Waals surface area contributed by atoms with Crippen molar-refractivity contribution in [2.75, 3.05) is 32.7 Å². The molecule has 2 rings (SSSR count). The summed E-state index contributed by atoms with van der Waals surface area (Å²) in [6, 6.07) is 10.0. The number of piperidine rings is 1. The van der Waals surface area contributed by atoms with Crippen molar-refractivity contribution in [3.63, 3.8) is 0 Å². The number of hydrogen-bond acceptors (Lipinski definition) is 3. The van der Waals surface area contributed by atoms with Crippen LogP contribution in [0.4, 0.5) is 0 Å². The third-order valence-electron chi connectivity index (χ3n) is 4.35. The van der Waals surface area contributed by atoms with Crippen LogP contribution in [0.2, 0.25) is 0 Å². The number of rotatable bonds is 6. The van der Waals surface area contributed by atoms with Gasteiger partial charge in [0.25, 0.3) is 0 Å². The molecule has 3 heteroatoms. The molecule has 1 atom stereocenters. The Morgan fingerprint density at radius 2 is 1.90 bits per heavy atom. The average Bonchev–Trinajstić information content (AvgIpc) is 2.48. The van der Waals surface area contributed by atoms with Crippen LogP contribution in [0.5, 0.6) is 0 Å². The first-order valence-corrected chi connectivity index (χ1v) is 7.83. The maximum Gasteiger partial charge on any atom is 0.0994 e. The van der Waals surface area contributed by atoms with E-state index in [1.54, 1.807) is 0 Å². The van der Waals surface area contributed by atoms with Crippen LogP contribution in [-0.4, -0.2) is 42.7 Å². The lowest BCUT2D eigenvalue weighted by atomic mass is 9.93. The third kappa shape index (κ3) is 4.30. The topological polar surface area (TPSA) is 35.5 Å². The quantitative estimate of drug-likeness (QED) is 0.836. The van der Waals surface area contributed by atoms with Gasteiger partial charge in [-0.1, -0.05) is 37.3 Å². The van der Waals surface area contributed by atoms with Gasteiger partial charge in [0.05, 0.1) is 5.60 Å². The first kappa shape index (κ1) is 15.5. The van der Waals surface area contributed by atoms with Crippen molar-refractivity contribution < 1.29 is 5.11 Å². The molecule has 112 valence electrons. The largest absolute Gasteiger partial charge is 0.384 e. The van der Waals surface area contributed by atoms with E-state index in [0.717, 1.165) is 37.7 Å². The van der Waals surface area contributed by atoms with Crippen LogP contribution >= 0.6 is 0 Å². The van der Waals surface area contributed by atoms with E-state index in [4.69, 9.17) is 0 Å². The Balaban J connectivity index is 1.94. The average molecular weight is 276 g/mol. The highest BCUT2D eigenvalue weighted by atomic mass is 16.3. The fourth-order valence-corrected chi connectivity index (χ4v) is 3.06. The molecule has 0 saturated carbocycles. The molecular formula is C17H28N2O. The molecule has 0 aromatic heterocycles. The Hall–Kier alpha value is -0.900. The van der Waals surface area contributed by atoms with Crippen LogP contribution in [-0.2, 0) is 5.60 Å². The van der Waals surface area contributed by atoms with Crippen molar-refractivity contribution in [2.45, 2.75) is 32.3 Å². The first-order chi connectivity index (χ1) is 9.62. The van der Waals surface area contributed by atoms with Crippen molar-refractivity contribution in [3.05, 3.63) is 35.9 Å². The Kier molecular flexibility index (Phi) is 5.58. The standard InChI is InChI=1S/C17H28N2O/c1-3-19(13-15-9-11-18-12-10-15)14-17(2,20)16-7-5-4-6-8-16/h4-8,15,18,20H,3,9-14H2,1-2H3. The van der Waals surface area contributed by atoms with Gasteiger partial charge in [0.15, 0.2) is 0 Å². The molecule has 1 aromatic rings. The summed E-state index contributed by atoms with van der Waals surface area (Å²) in [6.07, 6.45) is 2.51. The molecule has 0 spiro atoms. The van der Waals surface area contributed by atoms with Crippen molar-refractivity contribution >= 4 is 0 Å². The van der Waals surface area contributed by atoms with Gasteiger partial charge in [-0.15, -0.1) is 0 Å². The van der Waals surface area contributed by atoms with Crippen molar-refractivity contribution in [1.29, 1.82) is 0 Å². The van der Waals surface area contributed by atoms with Gasteiger partial charge in [-0.2, -0.15) is 0 Å². The normalized spacial score (nSPS) is 20.0. The van der Waals surface area contributed by atoms with Crippen LogP contribution in [0.15, 0.2) is 30.3 Å². The molecule has 20 heavy (non-hydrogen) atoms. The summed E-state index contributed by atoms with van der Waals surface area (Å²) in [5.74, 6) is 0.766. The summed E-state index contributed by atoms with van der Waals surface area (Å²) in [5.41, 5.74) is 0.230. The lowest BCUT2D eigenvalue weighted by molar-refractivity contribution is 0.0116. The summed E-state index contributed by atoms with van der Waals surface area (Å²) >= 11 is 0. The zero-order chi connectivity index (χ0) is 14.4. The molecule has 0 aliphatic carbocycles. The van der Waals surface area contributed by atoms with Crippen molar-refractivity contribution in [2.24, 2.45) is 5.92 Å². The van der Waals surface area contributed by atoms with Gasteiger partial charge in [-0.05, 0) is 50.9 Å². The second-order valence-electron chi connectivity index (χ2n) is 6.16. The van der Waals surface area contributed by atoms with Crippen LogP contribution in [0, 0.1) is 5.92 Å². The lowest BCUT2D eigenvalue weighted by Gasteiger charge is -2.34. The molecular weight excluding hydrogens is 248 g/mol. The fraction of sp³-hybridized carbons (Fsp3) is 0.647. The molecule has 1 fully saturated rings. The van der Waals surface area contributed by atoms with Gasteiger partial charge in [-0.25, -0.2) is 0 Å². The van der Waals surface area contributed by atoms with Gasteiger partial charge >= 0.3 is 0 Å². The van der Waals surface area contributed by atoms with E-state index in [1.807, 2.05) is 37.3 Å². The summed E-state index contributed by atoms with van der Waals surface area (Å²) in [7, 11) is 0. The monoisotopic (exact) mass is 276 g/mol. The number of benzene rings is 1. The van der Waals surface area contributed by atoms with E-state index in [-0.39, 0.29) is 0 Å². The van der Waals surface area contributed by atoms with Crippen LogP contribution in [0.1, 0.15) is 32.3 Å². The maximum atomic E-state index is 10.8. The highest BCUT2D eigenvalue weighted by Crippen LogP contribution is 2.23. The summed E-state index contributed by atoms with van der Waals surface area (Å²) < 4.78 is 0. The lowest BCUT2D eigenvalue weighted by Crippen LogP contribution is -2.43. The smallest absolute Gasteiger partial charge is 0.0994 e. The van der Waals surface area contributed by atoms with Gasteiger partial charge in [0, 0.05) is 13.1 Å². The molecule has 0 radical (unpaired) electrons. The third-order valence-corrected chi connectivity index (χ3v) is 4.35. The van der Waals surface area contributed by atoms with Gasteiger partial charge in [0.1, 0.15) is 0 Å². The van der Waals surface area contributed by atoms with E-state index in [2.05, 4.69) is 17.1 Å². The molecule has 3 nitrogen and oxygen atoms in total. The maximum absolute atomic E-state index is 10.8. The minimum absolute atomic E-state index is 0.706. The number of nitrogens with one attached hydrogen (secondary N) is 1. The van der Waals surface area contributed by atoms with Gasteiger partial charge < -0.3 is 15.3 Å². The first-order valence-electron chi connectivity index (χ1n) is 7.83. The zero-order valence-electron chi connectivity index (χ0n) is 12.8. The SMILES string of the molecule is CCN(CC1CCNCC1)CC(C)(O)c1ccccc1. The predicted octanol–water partition coefficient (Wildman–Crippen LogP) is 2.22. The highest BCUT2D eigenvalue weighted by molar-refractivity contribution is 5.21. The van der Waals surface area contributed by atoms with Gasteiger partial charge in [0.2, 0.25) is 0 Å². The Morgan fingerprint density at radius 1 is 1.25 bits per heavy atom. The molecule has 0 amide bonds. The van der Waals surface area contributed by atoms with E-state index in [1.165, 1.54) is 12.8 Å². The second kappa shape index (κ2) is 7.21. The Bertz CT molecular complexity index is 385. The number of nitrogens with zero attached hydrogens (tertiary/aromatic N) is 1. The molecule has 1 saturated heterocycles. The molecule has 1 aliphatic heterocycles. The van der Waals surface area contributed by atoms with Gasteiger partial charge in [-0.3, -0.25) is 0 Å². The zero-order valence-corrected chi connectivity index (χ0v) is 12.8. The summed E-state index contributed by atoms with van der Waals surface area (Å²) in [4.78, 5) is 2.39. The molecule has 1 heterocycles. The minimum Gasteiger partial charge on any atom is -0.384 e. The minimum atomic E-state index is -0.774. The fourth-order valence-electron chi connectivity index (χ4n) is 3.06. The predicted molar refractivity (Wildman–Crippen MR) is 83.7 cm³/mol. The van der Waals surface area contributed by atoms with E-state index in [9.17, 15) is 5.11 Å². The summed E-state index contributed by atoms with van der Waals surface area (Å²) in [6.45, 7) is 9.18. The Labute approximate surface area is 123 Å². The number of likely N-dealkylation sites (N-methyl/N-ethyl adjacent to an activating group) is 1. The molecule has 1 unspecified atom stereocenters. The second-order valence-corrected chi connectivity index (χ2v) is 6.16. The van der Waals surface area contributed by atoms with E-state index >= 15 is 0 Å². The van der Waals surface area contributed by atoms with E-state index in [0.29, 0.717) is 6.54 Å². The van der Waals surface area contributed by atoms with Crippen molar-refractivity contribution in [3.8, 4) is 0 Å². The van der Waals surface area contributed by atoms with Crippen molar-refractivity contribution in [1.82, 2.24) is 10.2 Å². The van der Waals surface area contributed by atoms with Crippen LogP contribution < -0.4 is 5.32 Å². The van der Waals surface area contributed by atoms with Crippen LogP contribution in [0.25, 0.3) is 0 Å². The molecule has 0 bridgehead atoms. The summed E-state index contributed by atoms with van der Waals surface area (Å²) in [5, 5.41) is 14.2. The highest BCUT2D eigenvalue weighted by Gasteiger charge is 2.27. The molecule has 1 aromatic carbocycles. The van der Waals surface area contributed by atoms with E-state index < -0.39 is 5.60 Å². The Morgan fingerprint density at radius 3 is 2.50 bits per heavy atom. The molecule has 2 N–H and O–H groups in total.